The average Bonchev–Trinajstić information content (AvgIpc) is 2.83. The standard InChI is InChI=1S/C9H9BrN4O3S/c10-6-1-2-7(11)8(3-6)18(15,16)13-4-9-12-5-17-14-9/h1-3,5,13H,4,11H2. The summed E-state index contributed by atoms with van der Waals surface area (Å²) in [4.78, 5) is 3.71. The zero-order chi connectivity index (χ0) is 13.2. The van der Waals surface area contributed by atoms with E-state index in [9.17, 15) is 8.42 Å². The highest BCUT2D eigenvalue weighted by atomic mass is 79.9. The van der Waals surface area contributed by atoms with Gasteiger partial charge in [-0.3, -0.25) is 0 Å². The molecular weight excluding hydrogens is 324 g/mol. The van der Waals surface area contributed by atoms with Crippen LogP contribution in [0.25, 0.3) is 0 Å². The number of benzene rings is 1. The number of rotatable bonds is 4. The first-order valence-electron chi connectivity index (χ1n) is 4.79. The van der Waals surface area contributed by atoms with Gasteiger partial charge in [0, 0.05) is 4.47 Å². The lowest BCUT2D eigenvalue weighted by molar-refractivity contribution is 0.409. The predicted molar refractivity (Wildman–Crippen MR) is 66.9 cm³/mol. The number of hydrogen-bond acceptors (Lipinski definition) is 6. The normalized spacial score (nSPS) is 11.6. The third kappa shape index (κ3) is 2.86. The molecule has 0 aliphatic heterocycles. The van der Waals surface area contributed by atoms with Gasteiger partial charge in [0.05, 0.1) is 12.2 Å². The van der Waals surface area contributed by atoms with E-state index >= 15 is 0 Å². The van der Waals surface area contributed by atoms with Gasteiger partial charge in [0.15, 0.2) is 5.82 Å². The predicted octanol–water partition coefficient (Wildman–Crippen LogP) is 0.893. The molecule has 0 saturated heterocycles. The summed E-state index contributed by atoms with van der Waals surface area (Å²) in [7, 11) is -3.72. The smallest absolute Gasteiger partial charge is 0.243 e. The molecule has 1 heterocycles. The van der Waals surface area contributed by atoms with Crippen LogP contribution in [0.15, 0.2) is 38.5 Å². The van der Waals surface area contributed by atoms with Crippen LogP contribution in [0.4, 0.5) is 5.69 Å². The van der Waals surface area contributed by atoms with E-state index in [4.69, 9.17) is 5.73 Å². The van der Waals surface area contributed by atoms with E-state index in [2.05, 4.69) is 35.3 Å². The van der Waals surface area contributed by atoms with Crippen LogP contribution in [-0.4, -0.2) is 18.6 Å². The Morgan fingerprint density at radius 1 is 1.44 bits per heavy atom. The Kier molecular flexibility index (Phi) is 3.64. The van der Waals surface area contributed by atoms with Crippen LogP contribution in [0, 0.1) is 0 Å². The molecule has 0 aliphatic rings. The number of nitrogens with two attached hydrogens (primary N) is 1. The third-order valence-electron chi connectivity index (χ3n) is 2.09. The number of sulfonamides is 1. The molecule has 0 spiro atoms. The highest BCUT2D eigenvalue weighted by molar-refractivity contribution is 9.10. The van der Waals surface area contributed by atoms with Crippen molar-refractivity contribution < 1.29 is 12.9 Å². The van der Waals surface area contributed by atoms with Gasteiger partial charge in [0.25, 0.3) is 0 Å². The number of nitrogens with one attached hydrogen (secondary N) is 1. The van der Waals surface area contributed by atoms with Crippen LogP contribution >= 0.6 is 15.9 Å². The maximum atomic E-state index is 12.0. The van der Waals surface area contributed by atoms with E-state index in [0.717, 1.165) is 6.39 Å². The van der Waals surface area contributed by atoms with E-state index < -0.39 is 10.0 Å². The second kappa shape index (κ2) is 5.04. The highest BCUT2D eigenvalue weighted by Crippen LogP contribution is 2.22. The van der Waals surface area contributed by atoms with Gasteiger partial charge in [-0.15, -0.1) is 0 Å². The highest BCUT2D eigenvalue weighted by Gasteiger charge is 2.18. The SMILES string of the molecule is Nc1ccc(Br)cc1S(=O)(=O)NCc1ncon1. The van der Waals surface area contributed by atoms with Gasteiger partial charge < -0.3 is 10.3 Å². The van der Waals surface area contributed by atoms with Crippen LogP contribution in [0.3, 0.4) is 0 Å². The fourth-order valence-electron chi connectivity index (χ4n) is 1.25. The summed E-state index contributed by atoms with van der Waals surface area (Å²) in [5.41, 5.74) is 5.80. The number of hydrogen-bond donors (Lipinski definition) is 2. The Balaban J connectivity index is 2.22. The molecule has 0 aliphatic carbocycles. The molecule has 3 N–H and O–H groups in total. The van der Waals surface area contributed by atoms with E-state index in [-0.39, 0.29) is 23.0 Å². The molecule has 0 amide bonds. The van der Waals surface area contributed by atoms with Crippen molar-refractivity contribution in [1.82, 2.24) is 14.9 Å². The van der Waals surface area contributed by atoms with E-state index in [1.165, 1.54) is 12.1 Å². The maximum absolute atomic E-state index is 12.0. The molecule has 2 rings (SSSR count). The van der Waals surface area contributed by atoms with Crippen LogP contribution in [0.5, 0.6) is 0 Å². The monoisotopic (exact) mass is 332 g/mol. The first-order chi connectivity index (χ1) is 8.49. The van der Waals surface area contributed by atoms with E-state index in [1.54, 1.807) is 6.07 Å². The topological polar surface area (TPSA) is 111 Å². The molecule has 0 saturated carbocycles. The Labute approximate surface area is 112 Å². The molecule has 0 radical (unpaired) electrons. The lowest BCUT2D eigenvalue weighted by atomic mass is 10.3. The summed E-state index contributed by atoms with van der Waals surface area (Å²) in [6.45, 7) is -0.0647. The van der Waals surface area contributed by atoms with Crippen molar-refractivity contribution in [1.29, 1.82) is 0 Å². The summed E-state index contributed by atoms with van der Waals surface area (Å²) >= 11 is 3.19. The minimum atomic E-state index is -3.72. The average molecular weight is 333 g/mol. The van der Waals surface area contributed by atoms with Gasteiger partial charge in [0.2, 0.25) is 16.4 Å². The lowest BCUT2D eigenvalue weighted by Gasteiger charge is -2.08. The molecule has 1 aromatic heterocycles. The summed E-state index contributed by atoms with van der Waals surface area (Å²) < 4.78 is 31.5. The van der Waals surface area contributed by atoms with Gasteiger partial charge in [-0.25, -0.2) is 13.1 Å². The first kappa shape index (κ1) is 13.0. The summed E-state index contributed by atoms with van der Waals surface area (Å²) in [5.74, 6) is 0.243. The molecule has 1 aromatic carbocycles. The Morgan fingerprint density at radius 2 is 2.22 bits per heavy atom. The molecule has 9 heteroatoms. The van der Waals surface area contributed by atoms with E-state index in [1.807, 2.05) is 0 Å². The number of nitrogens with zero attached hydrogens (tertiary/aromatic N) is 2. The molecule has 7 nitrogen and oxygen atoms in total. The summed E-state index contributed by atoms with van der Waals surface area (Å²) in [6.07, 6.45) is 1.12. The Bertz CT molecular complexity index is 642. The molecule has 2 aromatic rings. The van der Waals surface area contributed by atoms with Crippen molar-refractivity contribution in [3.8, 4) is 0 Å². The fourth-order valence-corrected chi connectivity index (χ4v) is 2.90. The van der Waals surface area contributed by atoms with Gasteiger partial charge >= 0.3 is 0 Å². The molecule has 96 valence electrons. The minimum absolute atomic E-state index is 0.000342. The Morgan fingerprint density at radius 3 is 2.89 bits per heavy atom. The molecule has 0 unspecified atom stereocenters. The van der Waals surface area contributed by atoms with Crippen molar-refractivity contribution in [2.24, 2.45) is 0 Å². The summed E-state index contributed by atoms with van der Waals surface area (Å²) in [6, 6.07) is 4.59. The first-order valence-corrected chi connectivity index (χ1v) is 7.06. The maximum Gasteiger partial charge on any atom is 0.243 e. The lowest BCUT2D eigenvalue weighted by Crippen LogP contribution is -2.24. The fraction of sp³-hybridized carbons (Fsp3) is 0.111. The van der Waals surface area contributed by atoms with Gasteiger partial charge in [-0.1, -0.05) is 21.1 Å². The van der Waals surface area contributed by atoms with Crippen LogP contribution in [-0.2, 0) is 16.6 Å². The van der Waals surface area contributed by atoms with Crippen molar-refractivity contribution >= 4 is 31.6 Å². The molecule has 0 atom stereocenters. The van der Waals surface area contributed by atoms with Crippen molar-refractivity contribution in [2.45, 2.75) is 11.4 Å². The summed E-state index contributed by atoms with van der Waals surface area (Å²) in [5, 5.41) is 3.50. The second-order valence-corrected chi connectivity index (χ2v) is 6.01. The molecule has 0 fully saturated rings. The molecule has 0 bridgehead atoms. The van der Waals surface area contributed by atoms with Crippen molar-refractivity contribution in [3.05, 3.63) is 34.9 Å². The Hall–Kier alpha value is -1.45. The second-order valence-electron chi connectivity index (χ2n) is 3.35. The van der Waals surface area contributed by atoms with Crippen molar-refractivity contribution in [3.63, 3.8) is 0 Å². The third-order valence-corrected chi connectivity index (χ3v) is 4.04. The molecule has 18 heavy (non-hydrogen) atoms. The molecular formula is C9H9BrN4O3S. The number of halogens is 1. The van der Waals surface area contributed by atoms with Gasteiger partial charge in [-0.2, -0.15) is 4.98 Å². The van der Waals surface area contributed by atoms with Crippen LogP contribution in [0.1, 0.15) is 5.82 Å². The quantitative estimate of drug-likeness (QED) is 0.804. The zero-order valence-electron chi connectivity index (χ0n) is 9.00. The van der Waals surface area contributed by atoms with Gasteiger partial charge in [-0.05, 0) is 18.2 Å². The minimum Gasteiger partial charge on any atom is -0.398 e. The number of nitrogen functional groups attached to an aromatic ring is 1. The number of anilines is 1. The number of aromatic nitrogens is 2. The van der Waals surface area contributed by atoms with E-state index in [0.29, 0.717) is 4.47 Å². The zero-order valence-corrected chi connectivity index (χ0v) is 11.4. The van der Waals surface area contributed by atoms with Crippen molar-refractivity contribution in [2.75, 3.05) is 5.73 Å². The largest absolute Gasteiger partial charge is 0.398 e. The van der Waals surface area contributed by atoms with Gasteiger partial charge in [0.1, 0.15) is 4.90 Å². The van der Waals surface area contributed by atoms with Crippen LogP contribution in [0.2, 0.25) is 0 Å². The van der Waals surface area contributed by atoms with Crippen LogP contribution < -0.4 is 10.5 Å².